The summed E-state index contributed by atoms with van der Waals surface area (Å²) in [5.41, 5.74) is 3.56. The Hall–Kier alpha value is -4.37. The van der Waals surface area contributed by atoms with E-state index in [4.69, 9.17) is 16.3 Å². The normalized spacial score (nSPS) is 11.3. The molecule has 1 aromatic heterocycles. The summed E-state index contributed by atoms with van der Waals surface area (Å²) in [6, 6.07) is 35.4. The van der Waals surface area contributed by atoms with Gasteiger partial charge in [-0.1, -0.05) is 103 Å². The molecule has 5 aromatic rings. The summed E-state index contributed by atoms with van der Waals surface area (Å²) < 4.78 is 47.2. The van der Waals surface area contributed by atoms with Crippen LogP contribution in [0.25, 0.3) is 0 Å². The fraction of sp³-hybridized carbons (Fsp3) is 0.231. The Kier molecular flexibility index (Phi) is 14.1. The van der Waals surface area contributed by atoms with E-state index >= 15 is 0 Å². The number of nitrogens with one attached hydrogen (secondary N) is 1. The summed E-state index contributed by atoms with van der Waals surface area (Å²) in [5.74, 6) is 0.525. The van der Waals surface area contributed by atoms with Crippen molar-refractivity contribution < 1.29 is 22.7 Å². The van der Waals surface area contributed by atoms with Crippen molar-refractivity contribution in [2.75, 3.05) is 19.7 Å². The zero-order valence-corrected chi connectivity index (χ0v) is 28.4. The maximum absolute atomic E-state index is 13.7. The van der Waals surface area contributed by atoms with Gasteiger partial charge < -0.3 is 10.1 Å². The molecule has 0 saturated carbocycles. The summed E-state index contributed by atoms with van der Waals surface area (Å²) >= 11 is 6.35. The molecule has 0 spiro atoms. The largest absolute Gasteiger partial charge is 0.494 e. The molecule has 1 N–H and O–H groups in total. The third-order valence-electron chi connectivity index (χ3n) is 7.99. The number of rotatable bonds is 15. The summed E-state index contributed by atoms with van der Waals surface area (Å²) in [7, 11) is 0. The molecule has 0 unspecified atom stereocenters. The first kappa shape index (κ1) is 37.4. The van der Waals surface area contributed by atoms with Crippen LogP contribution in [0.5, 0.6) is 5.75 Å². The first-order valence-corrected chi connectivity index (χ1v) is 16.2. The van der Waals surface area contributed by atoms with Gasteiger partial charge >= 0.3 is 6.18 Å². The van der Waals surface area contributed by atoms with Crippen LogP contribution < -0.4 is 10.1 Å². The average molecular weight is 709 g/mol. The van der Waals surface area contributed by atoms with Crippen molar-refractivity contribution in [3.8, 4) is 5.75 Å². The van der Waals surface area contributed by atoms with Gasteiger partial charge in [-0.05, 0) is 58.5 Å². The second kappa shape index (κ2) is 18.4. The fourth-order valence-electron chi connectivity index (χ4n) is 5.60. The van der Waals surface area contributed by atoms with E-state index in [1.54, 1.807) is 18.5 Å². The van der Waals surface area contributed by atoms with Gasteiger partial charge in [0.2, 0.25) is 5.91 Å². The van der Waals surface area contributed by atoms with Gasteiger partial charge in [-0.3, -0.25) is 14.7 Å². The zero-order valence-electron chi connectivity index (χ0n) is 26.8. The van der Waals surface area contributed by atoms with Crippen LogP contribution in [-0.4, -0.2) is 35.5 Å². The average Bonchev–Trinajstić information content (AvgIpc) is 3.09. The minimum Gasteiger partial charge on any atom is -0.494 e. The Balaban J connectivity index is 0.00000541. The van der Waals surface area contributed by atoms with E-state index in [1.807, 2.05) is 72.8 Å². The van der Waals surface area contributed by atoms with E-state index in [9.17, 15) is 18.0 Å². The molecule has 4 aromatic carbocycles. The van der Waals surface area contributed by atoms with Gasteiger partial charge in [0.05, 0.1) is 23.6 Å². The summed E-state index contributed by atoms with van der Waals surface area (Å²) in [6.45, 7) is 2.14. The van der Waals surface area contributed by atoms with Gasteiger partial charge in [0.25, 0.3) is 0 Å². The van der Waals surface area contributed by atoms with E-state index in [0.717, 1.165) is 28.3 Å². The molecule has 1 heterocycles. The molecule has 0 fully saturated rings. The smallest absolute Gasteiger partial charge is 0.417 e. The van der Waals surface area contributed by atoms with Gasteiger partial charge in [0.15, 0.2) is 0 Å². The molecular formula is C39H38Cl2F3N3O2. The molecule has 0 aliphatic rings. The van der Waals surface area contributed by atoms with Gasteiger partial charge in [-0.25, -0.2) is 0 Å². The molecule has 0 aliphatic carbocycles. The van der Waals surface area contributed by atoms with Crippen LogP contribution in [0.1, 0.15) is 45.7 Å². The summed E-state index contributed by atoms with van der Waals surface area (Å²) in [6.07, 6.45) is -0.316. The van der Waals surface area contributed by atoms with Gasteiger partial charge in [-0.2, -0.15) is 13.2 Å². The maximum Gasteiger partial charge on any atom is 0.417 e. The number of aromatic nitrogens is 1. The topological polar surface area (TPSA) is 54.5 Å². The van der Waals surface area contributed by atoms with Crippen LogP contribution in [0.2, 0.25) is 5.02 Å². The molecular weight excluding hydrogens is 670 g/mol. The first-order chi connectivity index (χ1) is 23.3. The van der Waals surface area contributed by atoms with Crippen molar-refractivity contribution in [3.63, 3.8) is 0 Å². The van der Waals surface area contributed by atoms with E-state index in [1.165, 1.54) is 6.07 Å². The zero-order chi connectivity index (χ0) is 33.8. The fourth-order valence-corrected chi connectivity index (χ4v) is 5.90. The minimum absolute atomic E-state index is 0. The second-order valence-corrected chi connectivity index (χ2v) is 11.9. The number of amides is 1. The molecule has 5 nitrogen and oxygen atoms in total. The summed E-state index contributed by atoms with van der Waals surface area (Å²) in [4.78, 5) is 18.7. The van der Waals surface area contributed by atoms with Gasteiger partial charge in [0, 0.05) is 44.5 Å². The number of carbonyl (C=O) groups is 1. The Morgan fingerprint density at radius 2 is 1.53 bits per heavy atom. The second-order valence-electron chi connectivity index (χ2n) is 11.5. The standard InChI is InChI=1S/C39H37ClF3N3O2.ClH/c40-38-33(17-8-19-36(38)39(41,42)43)27-46(28-35(31-13-3-1-4-14-31)32-15-5-2-6-16-32)21-10-22-48-34-18-7-11-29(23-34)24-37(47)45-26-30-12-9-20-44-25-30;/h1-9,11-20,23,25,35H,10,21-22,24,26-28H2,(H,45,47);1H. The third kappa shape index (κ3) is 11.3. The lowest BCUT2D eigenvalue weighted by Gasteiger charge is -2.29. The Labute approximate surface area is 296 Å². The lowest BCUT2D eigenvalue weighted by atomic mass is 9.90. The van der Waals surface area contributed by atoms with Gasteiger partial charge in [-0.15, -0.1) is 12.4 Å². The van der Waals surface area contributed by atoms with Crippen LogP contribution in [0, 0.1) is 0 Å². The number of hydrogen-bond acceptors (Lipinski definition) is 4. The number of hydrogen-bond donors (Lipinski definition) is 1. The Morgan fingerprint density at radius 3 is 2.18 bits per heavy atom. The molecule has 49 heavy (non-hydrogen) atoms. The monoisotopic (exact) mass is 707 g/mol. The number of halogens is 5. The number of nitrogens with zero attached hydrogens (tertiary/aromatic N) is 2. The van der Waals surface area contributed by atoms with Crippen LogP contribution in [0.3, 0.4) is 0 Å². The highest BCUT2D eigenvalue weighted by Crippen LogP contribution is 2.37. The van der Waals surface area contributed by atoms with E-state index in [2.05, 4.69) is 39.5 Å². The predicted molar refractivity (Wildman–Crippen MR) is 190 cm³/mol. The number of benzene rings is 4. The van der Waals surface area contributed by atoms with Crippen molar-refractivity contribution in [2.24, 2.45) is 0 Å². The molecule has 0 bridgehead atoms. The van der Waals surface area contributed by atoms with E-state index in [0.29, 0.717) is 44.0 Å². The quantitative estimate of drug-likeness (QED) is 0.110. The SMILES string of the molecule is Cl.O=C(Cc1cccc(OCCCN(Cc2cccc(C(F)(F)F)c2Cl)CC(c2ccccc2)c2ccccc2)c1)NCc1cccnc1. The highest BCUT2D eigenvalue weighted by molar-refractivity contribution is 6.32. The lowest BCUT2D eigenvalue weighted by Crippen LogP contribution is -2.31. The van der Waals surface area contributed by atoms with Gasteiger partial charge in [0.1, 0.15) is 5.75 Å². The van der Waals surface area contributed by atoms with E-state index < -0.39 is 11.7 Å². The van der Waals surface area contributed by atoms with Crippen LogP contribution in [-0.2, 0) is 30.5 Å². The maximum atomic E-state index is 13.7. The van der Waals surface area contributed by atoms with Crippen molar-refractivity contribution in [1.29, 1.82) is 0 Å². The predicted octanol–water partition coefficient (Wildman–Crippen LogP) is 9.14. The van der Waals surface area contributed by atoms with Crippen LogP contribution >= 0.6 is 24.0 Å². The molecule has 0 saturated heterocycles. The lowest BCUT2D eigenvalue weighted by molar-refractivity contribution is -0.137. The molecule has 5 rings (SSSR count). The van der Waals surface area contributed by atoms with Crippen molar-refractivity contribution in [2.45, 2.75) is 38.0 Å². The number of pyridine rings is 1. The molecule has 0 atom stereocenters. The highest BCUT2D eigenvalue weighted by atomic mass is 35.5. The molecule has 10 heteroatoms. The first-order valence-electron chi connectivity index (χ1n) is 15.8. The van der Waals surface area contributed by atoms with Crippen molar-refractivity contribution in [1.82, 2.24) is 15.2 Å². The summed E-state index contributed by atoms with van der Waals surface area (Å²) in [5, 5.41) is 2.63. The minimum atomic E-state index is -4.54. The highest BCUT2D eigenvalue weighted by Gasteiger charge is 2.34. The number of alkyl halides is 3. The molecule has 0 aliphatic heterocycles. The Bertz CT molecular complexity index is 1700. The number of ether oxygens (including phenoxy) is 1. The molecule has 256 valence electrons. The molecule has 1 amide bonds. The molecule has 0 radical (unpaired) electrons. The van der Waals surface area contributed by atoms with Crippen molar-refractivity contribution >= 4 is 29.9 Å². The third-order valence-corrected chi connectivity index (χ3v) is 8.43. The van der Waals surface area contributed by atoms with Crippen LogP contribution in [0.15, 0.2) is 128 Å². The van der Waals surface area contributed by atoms with Crippen LogP contribution in [0.4, 0.5) is 13.2 Å². The number of carbonyl (C=O) groups excluding carboxylic acids is 1. The van der Waals surface area contributed by atoms with E-state index in [-0.39, 0.29) is 42.2 Å². The van der Waals surface area contributed by atoms with Crippen molar-refractivity contribution in [3.05, 3.63) is 166 Å². The Morgan fingerprint density at radius 1 is 0.857 bits per heavy atom.